The fourth-order valence-corrected chi connectivity index (χ4v) is 2.89. The monoisotopic (exact) mass is 388 g/mol. The van der Waals surface area contributed by atoms with Crippen molar-refractivity contribution in [1.82, 2.24) is 0 Å². The van der Waals surface area contributed by atoms with Crippen LogP contribution in [0.15, 0.2) is 60.7 Å². The van der Waals surface area contributed by atoms with Gasteiger partial charge in [-0.25, -0.2) is 14.4 Å². The summed E-state index contributed by atoms with van der Waals surface area (Å²) in [5, 5.41) is 0. The summed E-state index contributed by atoms with van der Waals surface area (Å²) in [6.45, 7) is 1.12. The second kappa shape index (κ2) is 7.80. The third kappa shape index (κ3) is 4.11. The Morgan fingerprint density at radius 2 is 1.52 bits per heavy atom. The molecule has 140 valence electrons. The molecule has 0 aliphatic carbocycles. The Hall–Kier alpha value is -2.86. The number of carbonyl (C=O) groups excluding carboxylic acids is 3. The van der Waals surface area contributed by atoms with Gasteiger partial charge in [-0.3, -0.25) is 0 Å². The molecule has 1 aliphatic heterocycles. The molecule has 3 atom stereocenters. The van der Waals surface area contributed by atoms with Gasteiger partial charge in [0.05, 0.1) is 11.1 Å². The molecule has 1 fully saturated rings. The van der Waals surface area contributed by atoms with Gasteiger partial charge in [-0.05, 0) is 31.2 Å². The number of hydrogen-bond acceptors (Lipinski definition) is 6. The molecule has 0 N–H and O–H groups in total. The maximum atomic E-state index is 12.3. The number of alkyl halides is 1. The molecule has 0 radical (unpaired) electrons. The molecule has 7 heteroatoms. The maximum absolute atomic E-state index is 12.3. The zero-order valence-corrected chi connectivity index (χ0v) is 15.2. The summed E-state index contributed by atoms with van der Waals surface area (Å²) in [5.74, 6) is -1.97. The Balaban J connectivity index is 1.70. The molecule has 27 heavy (non-hydrogen) atoms. The lowest BCUT2D eigenvalue weighted by Crippen LogP contribution is -2.43. The molecule has 1 saturated heterocycles. The van der Waals surface area contributed by atoms with Gasteiger partial charge in [-0.15, -0.1) is 11.6 Å². The van der Waals surface area contributed by atoms with Crippen LogP contribution in [0.1, 0.15) is 27.6 Å². The van der Waals surface area contributed by atoms with Crippen LogP contribution in [0.5, 0.6) is 0 Å². The summed E-state index contributed by atoms with van der Waals surface area (Å²) in [7, 11) is 0. The first kappa shape index (κ1) is 18.9. The minimum absolute atomic E-state index is 0.283. The van der Waals surface area contributed by atoms with Crippen molar-refractivity contribution < 1.29 is 28.6 Å². The van der Waals surface area contributed by atoms with Gasteiger partial charge < -0.3 is 14.2 Å². The Morgan fingerprint density at radius 1 is 1.00 bits per heavy atom. The number of benzene rings is 2. The lowest BCUT2D eigenvalue weighted by Gasteiger charge is -2.23. The molecule has 0 saturated carbocycles. The van der Waals surface area contributed by atoms with E-state index in [2.05, 4.69) is 0 Å². The summed E-state index contributed by atoms with van der Waals surface area (Å²) in [6.07, 6.45) is -2.11. The predicted octanol–water partition coefficient (Wildman–Crippen LogP) is 2.99. The Morgan fingerprint density at radius 3 is 2.07 bits per heavy atom. The van der Waals surface area contributed by atoms with Crippen LogP contribution in [0, 0.1) is 0 Å². The third-order valence-corrected chi connectivity index (χ3v) is 4.53. The zero-order valence-electron chi connectivity index (χ0n) is 14.5. The highest BCUT2D eigenvalue weighted by molar-refractivity contribution is 6.35. The lowest BCUT2D eigenvalue weighted by atomic mass is 10.0. The van der Waals surface area contributed by atoms with Gasteiger partial charge in [-0.1, -0.05) is 36.4 Å². The molecule has 0 spiro atoms. The van der Waals surface area contributed by atoms with Crippen molar-refractivity contribution in [2.45, 2.75) is 24.0 Å². The average molecular weight is 389 g/mol. The Kier molecular flexibility index (Phi) is 5.46. The quantitative estimate of drug-likeness (QED) is 0.445. The summed E-state index contributed by atoms with van der Waals surface area (Å²) >= 11 is 6.25. The van der Waals surface area contributed by atoms with Gasteiger partial charge in [0.1, 0.15) is 6.61 Å². The maximum Gasteiger partial charge on any atom is 0.338 e. The Labute approximate surface area is 161 Å². The van der Waals surface area contributed by atoms with Crippen molar-refractivity contribution in [2.75, 3.05) is 6.61 Å². The molecule has 2 aromatic rings. The fraction of sp³-hybridized carbons (Fsp3) is 0.250. The van der Waals surface area contributed by atoms with Gasteiger partial charge in [-0.2, -0.15) is 0 Å². The molecule has 3 rings (SSSR count). The second-order valence-electron chi connectivity index (χ2n) is 6.18. The first-order chi connectivity index (χ1) is 12.9. The smallest absolute Gasteiger partial charge is 0.338 e. The van der Waals surface area contributed by atoms with Crippen LogP contribution in [0.25, 0.3) is 0 Å². The van der Waals surface area contributed by atoms with E-state index in [-0.39, 0.29) is 6.61 Å². The molecule has 1 heterocycles. The number of esters is 3. The van der Waals surface area contributed by atoms with Crippen molar-refractivity contribution in [1.29, 1.82) is 0 Å². The average Bonchev–Trinajstić information content (AvgIpc) is 2.90. The standard InChI is InChI=1S/C20H17ClO6/c1-20(21)16(27-18(23)14-10-6-3-7-11-14)15(26-19(20)24)12-25-17(22)13-8-4-2-5-9-13/h2-11,15-16H,12H2,1H3/t15-,16?,20-/m1/s1. The molecule has 1 aliphatic rings. The number of carbonyl (C=O) groups is 3. The number of cyclic esters (lactones) is 1. The minimum Gasteiger partial charge on any atom is -0.458 e. The molecule has 0 aromatic heterocycles. The first-order valence-electron chi connectivity index (χ1n) is 8.28. The highest BCUT2D eigenvalue weighted by atomic mass is 35.5. The van der Waals surface area contributed by atoms with E-state index in [0.717, 1.165) is 0 Å². The lowest BCUT2D eigenvalue weighted by molar-refractivity contribution is -0.144. The van der Waals surface area contributed by atoms with Crippen LogP contribution in [-0.4, -0.2) is 41.6 Å². The summed E-state index contributed by atoms with van der Waals surface area (Å²) in [6, 6.07) is 16.7. The zero-order chi connectivity index (χ0) is 19.4. The molecule has 6 nitrogen and oxygen atoms in total. The number of hydrogen-bond donors (Lipinski definition) is 0. The van der Waals surface area contributed by atoms with E-state index in [1.54, 1.807) is 60.7 Å². The number of rotatable bonds is 5. The minimum atomic E-state index is -1.58. The second-order valence-corrected chi connectivity index (χ2v) is 6.96. The van der Waals surface area contributed by atoms with Crippen molar-refractivity contribution in [3.05, 3.63) is 71.8 Å². The molecule has 2 aromatic carbocycles. The SMILES string of the molecule is C[C@]1(Cl)C(=O)O[C@H](COC(=O)c2ccccc2)C1OC(=O)c1ccccc1. The summed E-state index contributed by atoms with van der Waals surface area (Å²) in [4.78, 5) is 34.9. The number of halogens is 1. The van der Waals surface area contributed by atoms with E-state index < -0.39 is 35.0 Å². The largest absolute Gasteiger partial charge is 0.458 e. The van der Waals surface area contributed by atoms with E-state index in [1.165, 1.54) is 6.92 Å². The van der Waals surface area contributed by atoms with Crippen molar-refractivity contribution in [3.8, 4) is 0 Å². The van der Waals surface area contributed by atoms with E-state index in [1.807, 2.05) is 0 Å². The fourth-order valence-electron chi connectivity index (χ4n) is 2.66. The van der Waals surface area contributed by atoms with Crippen molar-refractivity contribution in [3.63, 3.8) is 0 Å². The molecular weight excluding hydrogens is 372 g/mol. The Bertz CT molecular complexity index is 834. The molecule has 1 unspecified atom stereocenters. The topological polar surface area (TPSA) is 78.9 Å². The van der Waals surface area contributed by atoms with Gasteiger partial charge in [0.15, 0.2) is 17.1 Å². The third-order valence-electron chi connectivity index (χ3n) is 4.16. The highest BCUT2D eigenvalue weighted by Gasteiger charge is 2.56. The van der Waals surface area contributed by atoms with Crippen LogP contribution >= 0.6 is 11.6 Å². The highest BCUT2D eigenvalue weighted by Crippen LogP contribution is 2.35. The van der Waals surface area contributed by atoms with Crippen LogP contribution in [-0.2, 0) is 19.0 Å². The van der Waals surface area contributed by atoms with Crippen molar-refractivity contribution >= 4 is 29.5 Å². The summed E-state index contributed by atoms with van der Waals surface area (Å²) < 4.78 is 15.8. The summed E-state index contributed by atoms with van der Waals surface area (Å²) in [5.41, 5.74) is 0.664. The van der Waals surface area contributed by atoms with Crippen LogP contribution in [0.2, 0.25) is 0 Å². The predicted molar refractivity (Wildman–Crippen MR) is 96.5 cm³/mol. The molecular formula is C20H17ClO6. The van der Waals surface area contributed by atoms with Crippen molar-refractivity contribution in [2.24, 2.45) is 0 Å². The molecule has 0 bridgehead atoms. The van der Waals surface area contributed by atoms with Crippen LogP contribution in [0.4, 0.5) is 0 Å². The van der Waals surface area contributed by atoms with E-state index in [9.17, 15) is 14.4 Å². The normalized spacial score (nSPS) is 24.1. The number of ether oxygens (including phenoxy) is 3. The van der Waals surface area contributed by atoms with Crippen LogP contribution in [0.3, 0.4) is 0 Å². The van der Waals surface area contributed by atoms with Crippen LogP contribution < -0.4 is 0 Å². The van der Waals surface area contributed by atoms with E-state index >= 15 is 0 Å². The molecule has 0 amide bonds. The van der Waals surface area contributed by atoms with Gasteiger partial charge >= 0.3 is 17.9 Å². The van der Waals surface area contributed by atoms with E-state index in [4.69, 9.17) is 25.8 Å². The van der Waals surface area contributed by atoms with Gasteiger partial charge in [0, 0.05) is 0 Å². The van der Waals surface area contributed by atoms with Gasteiger partial charge in [0.2, 0.25) is 0 Å². The first-order valence-corrected chi connectivity index (χ1v) is 8.65. The van der Waals surface area contributed by atoms with E-state index in [0.29, 0.717) is 11.1 Å². The van der Waals surface area contributed by atoms with Gasteiger partial charge in [0.25, 0.3) is 0 Å².